The highest BCUT2D eigenvalue weighted by Crippen LogP contribution is 2.37. The summed E-state index contributed by atoms with van der Waals surface area (Å²) < 4.78 is 0. The lowest BCUT2D eigenvalue weighted by Gasteiger charge is -2.35. The number of carboxylic acids is 1. The number of aliphatic imine (C=N–C) groups is 1. The number of aliphatic carboxylic acids is 1. The highest BCUT2D eigenvalue weighted by Gasteiger charge is 2.38. The maximum Gasteiger partial charge on any atom is 0.335 e. The summed E-state index contributed by atoms with van der Waals surface area (Å²) in [7, 11) is 0. The van der Waals surface area contributed by atoms with Crippen LogP contribution in [0.5, 0.6) is 0 Å². The monoisotopic (exact) mass is 294 g/mol. The first-order valence-corrected chi connectivity index (χ1v) is 7.71. The highest BCUT2D eigenvalue weighted by atomic mass is 16.4. The van der Waals surface area contributed by atoms with Crippen molar-refractivity contribution >= 4 is 12.2 Å². The number of carboxylic acid groups (broad SMARTS) is 1. The summed E-state index contributed by atoms with van der Waals surface area (Å²) in [4.78, 5) is 18.2. The molecule has 4 nitrogen and oxygen atoms in total. The molecule has 0 bridgehead atoms. The van der Waals surface area contributed by atoms with Crippen molar-refractivity contribution in [1.29, 1.82) is 0 Å². The van der Waals surface area contributed by atoms with Crippen molar-refractivity contribution in [2.24, 2.45) is 10.9 Å². The van der Waals surface area contributed by atoms with Crippen LogP contribution in [-0.2, 0) is 4.79 Å². The molecule has 0 aromatic rings. The molecular weight excluding hydrogens is 276 g/mol. The van der Waals surface area contributed by atoms with Crippen molar-refractivity contribution in [3.63, 3.8) is 0 Å². The normalized spacial score (nSPS) is 32.9. The van der Waals surface area contributed by atoms with Gasteiger partial charge in [0.25, 0.3) is 0 Å². The quantitative estimate of drug-likeness (QED) is 0.806. The SMILES string of the molecule is O=C(O)C1=CC2C(=CC3C4=CC=CCC4C=NCCN23)C=C1. The Bertz CT molecular complexity index is 694. The summed E-state index contributed by atoms with van der Waals surface area (Å²) in [6.07, 6.45) is 17.4. The molecule has 3 atom stereocenters. The Morgan fingerprint density at radius 1 is 1.27 bits per heavy atom. The number of hydrogen-bond donors (Lipinski definition) is 1. The molecule has 0 aromatic carbocycles. The van der Waals surface area contributed by atoms with E-state index in [0.717, 1.165) is 19.5 Å². The molecule has 22 heavy (non-hydrogen) atoms. The van der Waals surface area contributed by atoms with Gasteiger partial charge in [-0.25, -0.2) is 4.79 Å². The first-order valence-electron chi connectivity index (χ1n) is 7.71. The van der Waals surface area contributed by atoms with Gasteiger partial charge >= 0.3 is 5.97 Å². The average Bonchev–Trinajstić information content (AvgIpc) is 2.86. The van der Waals surface area contributed by atoms with Crippen LogP contribution in [0.1, 0.15) is 6.42 Å². The molecule has 4 heteroatoms. The third-order valence-corrected chi connectivity index (χ3v) is 4.80. The van der Waals surface area contributed by atoms with E-state index in [1.165, 1.54) is 11.1 Å². The standard InChI is InChI=1S/C18H18N2O2/c21-18(22)13-6-5-12-9-17-15-4-2-1-3-14(15)11-19-7-8-20(17)16(12)10-13/h1-2,4-6,9-11,14,16-17H,3,7-8H2,(H,21,22). The van der Waals surface area contributed by atoms with Gasteiger partial charge in [0, 0.05) is 18.7 Å². The van der Waals surface area contributed by atoms with Gasteiger partial charge in [-0.05, 0) is 29.7 Å². The van der Waals surface area contributed by atoms with Crippen molar-refractivity contribution in [2.45, 2.75) is 18.5 Å². The minimum atomic E-state index is -0.860. The summed E-state index contributed by atoms with van der Waals surface area (Å²) >= 11 is 0. The molecule has 0 saturated carbocycles. The predicted molar refractivity (Wildman–Crippen MR) is 85.9 cm³/mol. The molecule has 2 heterocycles. The van der Waals surface area contributed by atoms with Gasteiger partial charge in [-0.1, -0.05) is 30.4 Å². The molecule has 4 aliphatic rings. The summed E-state index contributed by atoms with van der Waals surface area (Å²) in [6, 6.07) is 0.303. The van der Waals surface area contributed by atoms with Gasteiger partial charge < -0.3 is 5.11 Å². The second-order valence-electron chi connectivity index (χ2n) is 6.05. The molecule has 0 fully saturated rings. The van der Waals surface area contributed by atoms with E-state index >= 15 is 0 Å². The van der Waals surface area contributed by atoms with Gasteiger partial charge in [0.1, 0.15) is 0 Å². The maximum atomic E-state index is 11.3. The smallest absolute Gasteiger partial charge is 0.335 e. The largest absolute Gasteiger partial charge is 0.478 e. The highest BCUT2D eigenvalue weighted by molar-refractivity contribution is 5.91. The van der Waals surface area contributed by atoms with Gasteiger partial charge in [0.2, 0.25) is 0 Å². The van der Waals surface area contributed by atoms with Crippen molar-refractivity contribution in [2.75, 3.05) is 13.1 Å². The van der Waals surface area contributed by atoms with E-state index in [1.54, 1.807) is 6.08 Å². The second kappa shape index (κ2) is 5.21. The van der Waals surface area contributed by atoms with Crippen LogP contribution < -0.4 is 0 Å². The van der Waals surface area contributed by atoms with E-state index in [0.29, 0.717) is 11.5 Å². The zero-order chi connectivity index (χ0) is 15.1. The molecule has 0 aromatic heterocycles. The second-order valence-corrected chi connectivity index (χ2v) is 6.05. The fraction of sp³-hybridized carbons (Fsp3) is 0.333. The summed E-state index contributed by atoms with van der Waals surface area (Å²) in [5.74, 6) is -0.497. The van der Waals surface area contributed by atoms with Crippen LogP contribution in [0.3, 0.4) is 0 Å². The van der Waals surface area contributed by atoms with Gasteiger partial charge in [0.05, 0.1) is 24.2 Å². The first kappa shape index (κ1) is 13.5. The molecule has 0 amide bonds. The van der Waals surface area contributed by atoms with Gasteiger partial charge in [-0.2, -0.15) is 0 Å². The lowest BCUT2D eigenvalue weighted by molar-refractivity contribution is -0.132. The Balaban J connectivity index is 1.74. The zero-order valence-corrected chi connectivity index (χ0v) is 12.2. The van der Waals surface area contributed by atoms with Crippen molar-refractivity contribution in [3.05, 3.63) is 59.3 Å². The van der Waals surface area contributed by atoms with Gasteiger partial charge in [-0.15, -0.1) is 0 Å². The molecule has 0 spiro atoms. The Morgan fingerprint density at radius 2 is 2.18 bits per heavy atom. The molecule has 3 unspecified atom stereocenters. The number of allylic oxidation sites excluding steroid dienone is 3. The van der Waals surface area contributed by atoms with Crippen molar-refractivity contribution in [1.82, 2.24) is 4.90 Å². The van der Waals surface area contributed by atoms with E-state index in [4.69, 9.17) is 0 Å². The van der Waals surface area contributed by atoms with Crippen LogP contribution in [-0.4, -0.2) is 47.4 Å². The van der Waals surface area contributed by atoms with Gasteiger partial charge in [-0.3, -0.25) is 9.89 Å². The molecule has 0 saturated heterocycles. The molecule has 2 aliphatic carbocycles. The van der Waals surface area contributed by atoms with Crippen LogP contribution in [0.25, 0.3) is 0 Å². The Labute approximate surface area is 129 Å². The lowest BCUT2D eigenvalue weighted by Crippen LogP contribution is -2.43. The van der Waals surface area contributed by atoms with E-state index < -0.39 is 5.97 Å². The fourth-order valence-corrected chi connectivity index (χ4v) is 3.71. The van der Waals surface area contributed by atoms with E-state index in [2.05, 4.69) is 40.4 Å². The first-order chi connectivity index (χ1) is 10.7. The fourth-order valence-electron chi connectivity index (χ4n) is 3.71. The minimum absolute atomic E-state index is 0.0573. The number of carbonyl (C=O) groups is 1. The number of hydrogen-bond acceptors (Lipinski definition) is 3. The van der Waals surface area contributed by atoms with Crippen LogP contribution in [0, 0.1) is 5.92 Å². The molecule has 0 radical (unpaired) electrons. The molecule has 1 N–H and O–H groups in total. The number of rotatable bonds is 1. The van der Waals surface area contributed by atoms with E-state index in [1.807, 2.05) is 12.2 Å². The number of fused-ring (bicyclic) bond motifs is 5. The third kappa shape index (κ3) is 2.11. The summed E-state index contributed by atoms with van der Waals surface area (Å²) in [5.41, 5.74) is 2.94. The Kier molecular flexibility index (Phi) is 3.19. The zero-order valence-electron chi connectivity index (χ0n) is 12.2. The lowest BCUT2D eigenvalue weighted by atomic mass is 9.86. The maximum absolute atomic E-state index is 11.3. The van der Waals surface area contributed by atoms with Crippen LogP contribution in [0.2, 0.25) is 0 Å². The van der Waals surface area contributed by atoms with E-state index in [9.17, 15) is 9.90 Å². The van der Waals surface area contributed by atoms with Crippen LogP contribution in [0.15, 0.2) is 64.2 Å². The van der Waals surface area contributed by atoms with Crippen LogP contribution >= 0.6 is 0 Å². The Morgan fingerprint density at radius 3 is 3.05 bits per heavy atom. The van der Waals surface area contributed by atoms with Crippen molar-refractivity contribution in [3.8, 4) is 0 Å². The average molecular weight is 294 g/mol. The summed E-state index contributed by atoms with van der Waals surface area (Å²) in [5, 5.41) is 9.24. The topological polar surface area (TPSA) is 52.9 Å². The van der Waals surface area contributed by atoms with E-state index in [-0.39, 0.29) is 12.1 Å². The molecule has 112 valence electrons. The molecule has 4 rings (SSSR count). The number of nitrogens with zero attached hydrogens (tertiary/aromatic N) is 2. The Hall–Kier alpha value is -2.20. The molecule has 2 aliphatic heterocycles. The minimum Gasteiger partial charge on any atom is -0.478 e. The molecular formula is C18H18N2O2. The van der Waals surface area contributed by atoms with Crippen LogP contribution in [0.4, 0.5) is 0 Å². The summed E-state index contributed by atoms with van der Waals surface area (Å²) in [6.45, 7) is 1.61. The van der Waals surface area contributed by atoms with Crippen molar-refractivity contribution < 1.29 is 9.90 Å². The predicted octanol–water partition coefficient (Wildman–Crippen LogP) is 2.13. The van der Waals surface area contributed by atoms with Gasteiger partial charge in [0.15, 0.2) is 0 Å². The third-order valence-electron chi connectivity index (χ3n) is 4.80.